The fraction of sp³-hybridized carbons (Fsp3) is 0.273. The van der Waals surface area contributed by atoms with Crippen LogP contribution in [0.1, 0.15) is 54.1 Å². The van der Waals surface area contributed by atoms with Crippen LogP contribution in [0.15, 0.2) is 34.9 Å². The number of hydrogen-bond acceptors (Lipinski definition) is 3. The van der Waals surface area contributed by atoms with Gasteiger partial charge in [0.05, 0.1) is 11.1 Å². The third-order valence-electron chi connectivity index (χ3n) is 5.12. The van der Waals surface area contributed by atoms with Crippen LogP contribution < -0.4 is 0 Å². The Hall–Kier alpha value is -2.68. The number of rotatable bonds is 1. The Morgan fingerprint density at radius 2 is 1.88 bits per heavy atom. The Labute approximate surface area is 159 Å². The smallest absolute Gasteiger partial charge is 0.227 e. The normalized spacial score (nSPS) is 21.8. The first-order valence-electron chi connectivity index (χ1n) is 12.4. The lowest BCUT2D eigenvalue weighted by molar-refractivity contribution is 0.631. The van der Waals surface area contributed by atoms with Gasteiger partial charge >= 0.3 is 0 Å². The molecule has 0 saturated carbocycles. The number of furan rings is 1. The van der Waals surface area contributed by atoms with E-state index in [0.29, 0.717) is 11.1 Å². The first kappa shape index (κ1) is 8.13. The predicted molar refractivity (Wildman–Crippen MR) is 101 cm³/mol. The highest BCUT2D eigenvalue weighted by Gasteiger charge is 2.37. The molecule has 0 saturated heterocycles. The van der Waals surface area contributed by atoms with Crippen molar-refractivity contribution >= 4 is 22.1 Å². The fourth-order valence-electron chi connectivity index (χ4n) is 3.83. The Morgan fingerprint density at radius 1 is 1.00 bits per heavy atom. The molecule has 3 nitrogen and oxygen atoms in total. The Kier molecular flexibility index (Phi) is 1.46. The number of aryl methyl sites for hydroxylation is 3. The number of benzene rings is 1. The van der Waals surface area contributed by atoms with Crippen molar-refractivity contribution in [3.05, 3.63) is 58.4 Å². The summed E-state index contributed by atoms with van der Waals surface area (Å²) in [6, 6.07) is 6.51. The van der Waals surface area contributed by atoms with Crippen molar-refractivity contribution in [2.75, 3.05) is 0 Å². The SMILES string of the molecule is [2H]C([2H])([2H])c1cc2c3c(n1)oc1c(-c4cc(C([2H])([2H])[2H])c(C([2H])([2H])[2H])cn4)ccc(c13)C2(C)C. The van der Waals surface area contributed by atoms with Gasteiger partial charge in [0.25, 0.3) is 0 Å². The second-order valence-corrected chi connectivity index (χ2v) is 6.94. The molecule has 0 unspecified atom stereocenters. The molecule has 3 aromatic heterocycles. The van der Waals surface area contributed by atoms with E-state index in [-0.39, 0.29) is 28.2 Å². The second-order valence-electron chi connectivity index (χ2n) is 6.94. The number of hydrogen-bond donors (Lipinski definition) is 0. The molecule has 0 spiro atoms. The minimum Gasteiger partial charge on any atom is -0.437 e. The van der Waals surface area contributed by atoms with Gasteiger partial charge in [0.1, 0.15) is 5.58 Å². The van der Waals surface area contributed by atoms with Crippen LogP contribution in [0.25, 0.3) is 33.3 Å². The van der Waals surface area contributed by atoms with Crippen LogP contribution in [-0.4, -0.2) is 9.97 Å². The van der Waals surface area contributed by atoms with Gasteiger partial charge in [-0.15, -0.1) is 0 Å². The Morgan fingerprint density at radius 3 is 2.68 bits per heavy atom. The number of aromatic nitrogens is 2. The Balaban J connectivity index is 1.83. The minimum atomic E-state index is -2.66. The molecule has 0 aliphatic heterocycles. The summed E-state index contributed by atoms with van der Waals surface area (Å²) in [4.78, 5) is 8.54. The van der Waals surface area contributed by atoms with Crippen LogP contribution in [0.3, 0.4) is 0 Å². The molecule has 5 rings (SSSR count). The summed E-state index contributed by atoms with van der Waals surface area (Å²) in [6.07, 6.45) is 1.08. The van der Waals surface area contributed by atoms with Gasteiger partial charge in [0.2, 0.25) is 5.71 Å². The van der Waals surface area contributed by atoms with Crippen molar-refractivity contribution < 1.29 is 16.8 Å². The van der Waals surface area contributed by atoms with E-state index in [9.17, 15) is 0 Å². The molecule has 3 heteroatoms. The summed E-state index contributed by atoms with van der Waals surface area (Å²) in [5.74, 6) is 0. The molecule has 3 heterocycles. The van der Waals surface area contributed by atoms with E-state index in [0.717, 1.165) is 28.1 Å². The first-order chi connectivity index (χ1) is 15.5. The lowest BCUT2D eigenvalue weighted by Crippen LogP contribution is -2.16. The molecular formula is C22H20N2O. The summed E-state index contributed by atoms with van der Waals surface area (Å²) in [5.41, 5.74) is 1.84. The first-order valence-corrected chi connectivity index (χ1v) is 7.94. The lowest BCUT2D eigenvalue weighted by atomic mass is 9.81. The Bertz CT molecular complexity index is 1490. The minimum absolute atomic E-state index is 0.0629. The third kappa shape index (κ3) is 1.76. The van der Waals surface area contributed by atoms with Gasteiger partial charge in [-0.05, 0) is 61.0 Å². The van der Waals surface area contributed by atoms with Crippen LogP contribution >= 0.6 is 0 Å². The molecule has 0 N–H and O–H groups in total. The molecule has 4 aromatic rings. The monoisotopic (exact) mass is 337 g/mol. The van der Waals surface area contributed by atoms with Crippen molar-refractivity contribution in [2.45, 2.75) is 39.8 Å². The largest absolute Gasteiger partial charge is 0.437 e. The van der Waals surface area contributed by atoms with Crippen molar-refractivity contribution in [2.24, 2.45) is 0 Å². The van der Waals surface area contributed by atoms with Crippen molar-refractivity contribution in [3.63, 3.8) is 0 Å². The van der Waals surface area contributed by atoms with Crippen molar-refractivity contribution in [3.8, 4) is 11.3 Å². The van der Waals surface area contributed by atoms with Gasteiger partial charge in [-0.2, -0.15) is 0 Å². The van der Waals surface area contributed by atoms with E-state index in [1.807, 2.05) is 19.9 Å². The lowest BCUT2D eigenvalue weighted by Gasteiger charge is -2.23. The highest BCUT2D eigenvalue weighted by molar-refractivity contribution is 6.15. The van der Waals surface area contributed by atoms with E-state index in [2.05, 4.69) is 9.97 Å². The average molecular weight is 337 g/mol. The topological polar surface area (TPSA) is 38.9 Å². The van der Waals surface area contributed by atoms with Gasteiger partial charge in [-0.25, -0.2) is 4.98 Å². The van der Waals surface area contributed by atoms with Gasteiger partial charge in [-0.3, -0.25) is 4.98 Å². The van der Waals surface area contributed by atoms with Crippen molar-refractivity contribution in [1.82, 2.24) is 9.97 Å². The van der Waals surface area contributed by atoms with E-state index in [4.69, 9.17) is 16.8 Å². The molecule has 0 amide bonds. The summed E-state index contributed by atoms with van der Waals surface area (Å²) in [6.45, 7) is -3.71. The zero-order chi connectivity index (χ0) is 25.0. The van der Waals surface area contributed by atoms with Gasteiger partial charge in [-0.1, -0.05) is 19.9 Å². The van der Waals surface area contributed by atoms with Gasteiger partial charge in [0, 0.05) is 40.6 Å². The predicted octanol–water partition coefficient (Wildman–Crippen LogP) is 5.61. The van der Waals surface area contributed by atoms with Crippen LogP contribution in [0.4, 0.5) is 0 Å². The third-order valence-corrected chi connectivity index (χ3v) is 5.12. The van der Waals surface area contributed by atoms with Gasteiger partial charge < -0.3 is 4.42 Å². The molecule has 0 bridgehead atoms. The maximum absolute atomic E-state index is 7.85. The quantitative estimate of drug-likeness (QED) is 0.453. The van der Waals surface area contributed by atoms with E-state index >= 15 is 0 Å². The highest BCUT2D eigenvalue weighted by Crippen LogP contribution is 2.51. The van der Waals surface area contributed by atoms with E-state index in [1.54, 1.807) is 12.1 Å². The summed E-state index contributed by atoms with van der Waals surface area (Å²) >= 11 is 0. The number of nitrogens with zero attached hydrogens (tertiary/aromatic N) is 2. The van der Waals surface area contributed by atoms with Crippen LogP contribution in [-0.2, 0) is 5.41 Å². The average Bonchev–Trinajstić information content (AvgIpc) is 3.19. The van der Waals surface area contributed by atoms with Crippen LogP contribution in [0.2, 0.25) is 0 Å². The highest BCUT2D eigenvalue weighted by atomic mass is 16.3. The molecule has 1 aliphatic carbocycles. The molecule has 1 aromatic carbocycles. The molecule has 1 aliphatic rings. The standard InChI is InChI=1S/C22H20N2O/c1-11-8-17(23-10-12(11)2)14-6-7-15-18-19-16(22(15,4)5)9-13(3)24-21(19)25-20(14)18/h6-10H,1-5H3/i1D3,2D3,3D3. The molecule has 0 atom stereocenters. The molecule has 0 fully saturated rings. The van der Waals surface area contributed by atoms with Crippen LogP contribution in [0, 0.1) is 20.6 Å². The summed E-state index contributed by atoms with van der Waals surface area (Å²) < 4.78 is 76.1. The van der Waals surface area contributed by atoms with Crippen molar-refractivity contribution in [1.29, 1.82) is 0 Å². The maximum Gasteiger partial charge on any atom is 0.227 e. The second kappa shape index (κ2) is 4.48. The van der Waals surface area contributed by atoms with Gasteiger partial charge in [0.15, 0.2) is 0 Å². The molecular weight excluding hydrogens is 308 g/mol. The van der Waals surface area contributed by atoms with E-state index < -0.39 is 26.0 Å². The zero-order valence-corrected chi connectivity index (χ0v) is 13.7. The summed E-state index contributed by atoms with van der Waals surface area (Å²) in [7, 11) is 0. The molecule has 25 heavy (non-hydrogen) atoms. The summed E-state index contributed by atoms with van der Waals surface area (Å²) in [5, 5.41) is 1.49. The molecule has 0 radical (unpaired) electrons. The molecule has 124 valence electrons. The van der Waals surface area contributed by atoms with Crippen LogP contribution in [0.5, 0.6) is 0 Å². The fourth-order valence-corrected chi connectivity index (χ4v) is 3.83. The van der Waals surface area contributed by atoms with E-state index in [1.165, 1.54) is 6.07 Å². The maximum atomic E-state index is 7.85. The zero-order valence-electron chi connectivity index (χ0n) is 22.7. The number of pyridine rings is 2.